The highest BCUT2D eigenvalue weighted by molar-refractivity contribution is 5.55. The van der Waals surface area contributed by atoms with Gasteiger partial charge in [-0.15, -0.1) is 0 Å². The molecule has 0 aliphatic carbocycles. The zero-order chi connectivity index (χ0) is 12.7. The first-order chi connectivity index (χ1) is 8.13. The zero-order valence-electron chi connectivity index (χ0n) is 10.7. The molecule has 0 aliphatic rings. The number of ether oxygens (including phenoxy) is 3. The molecular weight excluding hydrogens is 218 g/mol. The number of benzene rings is 1. The molecular formula is C13H21NO3. The van der Waals surface area contributed by atoms with Gasteiger partial charge in [0.05, 0.1) is 19.4 Å². The van der Waals surface area contributed by atoms with Crippen molar-refractivity contribution >= 4 is 5.69 Å². The van der Waals surface area contributed by atoms with Gasteiger partial charge in [0.15, 0.2) is 0 Å². The number of anilines is 1. The first kappa shape index (κ1) is 13.6. The van der Waals surface area contributed by atoms with Crippen molar-refractivity contribution in [3.8, 4) is 11.5 Å². The van der Waals surface area contributed by atoms with Gasteiger partial charge < -0.3 is 19.9 Å². The smallest absolute Gasteiger partial charge is 0.145 e. The number of hydrogen-bond acceptors (Lipinski definition) is 4. The number of hydrogen-bond donors (Lipinski definition) is 1. The molecule has 4 nitrogen and oxygen atoms in total. The van der Waals surface area contributed by atoms with Gasteiger partial charge in [-0.1, -0.05) is 13.8 Å². The van der Waals surface area contributed by atoms with Gasteiger partial charge in [-0.3, -0.25) is 0 Å². The minimum absolute atomic E-state index is 0.490. The van der Waals surface area contributed by atoms with Crippen molar-refractivity contribution in [2.75, 3.05) is 32.7 Å². The molecule has 0 saturated carbocycles. The second-order valence-corrected chi connectivity index (χ2v) is 4.22. The molecule has 0 spiro atoms. The van der Waals surface area contributed by atoms with E-state index in [9.17, 15) is 0 Å². The van der Waals surface area contributed by atoms with Gasteiger partial charge in [-0.05, 0) is 18.1 Å². The predicted octanol–water partition coefficient (Wildman–Crippen LogP) is 2.33. The summed E-state index contributed by atoms with van der Waals surface area (Å²) in [5.74, 6) is 1.91. The molecule has 0 amide bonds. The van der Waals surface area contributed by atoms with Crippen LogP contribution in [-0.4, -0.2) is 26.9 Å². The third kappa shape index (κ3) is 4.95. The number of nitrogen functional groups attached to an aromatic ring is 1. The summed E-state index contributed by atoms with van der Waals surface area (Å²) < 4.78 is 16.0. The molecule has 1 aromatic carbocycles. The molecule has 0 bridgehead atoms. The first-order valence-corrected chi connectivity index (χ1v) is 5.77. The molecule has 1 rings (SSSR count). The highest BCUT2D eigenvalue weighted by atomic mass is 16.5. The molecule has 0 saturated heterocycles. The van der Waals surface area contributed by atoms with Gasteiger partial charge in [-0.25, -0.2) is 0 Å². The van der Waals surface area contributed by atoms with E-state index in [0.717, 1.165) is 12.4 Å². The fraction of sp³-hybridized carbons (Fsp3) is 0.538. The quantitative estimate of drug-likeness (QED) is 0.586. The summed E-state index contributed by atoms with van der Waals surface area (Å²) in [6.07, 6.45) is 0. The lowest BCUT2D eigenvalue weighted by atomic mass is 10.2. The van der Waals surface area contributed by atoms with E-state index in [1.165, 1.54) is 0 Å². The van der Waals surface area contributed by atoms with Crippen molar-refractivity contribution in [2.24, 2.45) is 5.92 Å². The molecule has 1 aromatic rings. The zero-order valence-corrected chi connectivity index (χ0v) is 10.7. The first-order valence-electron chi connectivity index (χ1n) is 5.77. The van der Waals surface area contributed by atoms with Crippen molar-refractivity contribution in [1.29, 1.82) is 0 Å². The van der Waals surface area contributed by atoms with Crippen molar-refractivity contribution in [3.05, 3.63) is 18.2 Å². The molecule has 96 valence electrons. The lowest BCUT2D eigenvalue weighted by Gasteiger charge is -2.11. The minimum Gasteiger partial charge on any atom is -0.497 e. The second-order valence-electron chi connectivity index (χ2n) is 4.22. The molecule has 0 fully saturated rings. The molecule has 0 aromatic heterocycles. The van der Waals surface area contributed by atoms with E-state index < -0.39 is 0 Å². The van der Waals surface area contributed by atoms with Crippen LogP contribution in [0.2, 0.25) is 0 Å². The van der Waals surface area contributed by atoms with E-state index in [0.29, 0.717) is 30.6 Å². The standard InChI is InChI=1S/C13H21NO3/c1-10(2)9-16-6-7-17-13-8-11(15-3)4-5-12(13)14/h4-5,8,10H,6-7,9,14H2,1-3H3. The number of rotatable bonds is 7. The summed E-state index contributed by atoms with van der Waals surface area (Å²) in [7, 11) is 1.61. The lowest BCUT2D eigenvalue weighted by molar-refractivity contribution is 0.0820. The van der Waals surface area contributed by atoms with Crippen LogP contribution in [-0.2, 0) is 4.74 Å². The van der Waals surface area contributed by atoms with Gasteiger partial charge in [0.2, 0.25) is 0 Å². The van der Waals surface area contributed by atoms with Gasteiger partial charge >= 0.3 is 0 Å². The van der Waals surface area contributed by atoms with Crippen molar-refractivity contribution in [2.45, 2.75) is 13.8 Å². The molecule has 0 aliphatic heterocycles. The average molecular weight is 239 g/mol. The predicted molar refractivity (Wildman–Crippen MR) is 68.6 cm³/mol. The van der Waals surface area contributed by atoms with Crippen LogP contribution in [0.25, 0.3) is 0 Å². The van der Waals surface area contributed by atoms with Gasteiger partial charge in [-0.2, -0.15) is 0 Å². The maximum absolute atomic E-state index is 5.79. The topological polar surface area (TPSA) is 53.7 Å². The molecule has 4 heteroatoms. The monoisotopic (exact) mass is 239 g/mol. The van der Waals surface area contributed by atoms with Crippen molar-refractivity contribution < 1.29 is 14.2 Å². The Morgan fingerprint density at radius 2 is 2.00 bits per heavy atom. The maximum Gasteiger partial charge on any atom is 0.145 e. The summed E-state index contributed by atoms with van der Waals surface area (Å²) in [5.41, 5.74) is 6.39. The van der Waals surface area contributed by atoms with E-state index in [1.54, 1.807) is 25.3 Å². The van der Waals surface area contributed by atoms with Crippen molar-refractivity contribution in [3.63, 3.8) is 0 Å². The average Bonchev–Trinajstić information content (AvgIpc) is 2.30. The van der Waals surface area contributed by atoms with Crippen LogP contribution in [0.4, 0.5) is 5.69 Å². The van der Waals surface area contributed by atoms with Gasteiger partial charge in [0.1, 0.15) is 18.1 Å². The summed E-state index contributed by atoms with van der Waals surface area (Å²) in [6.45, 7) is 6.03. The van der Waals surface area contributed by atoms with Crippen LogP contribution >= 0.6 is 0 Å². The SMILES string of the molecule is COc1ccc(N)c(OCCOCC(C)C)c1. The molecule has 17 heavy (non-hydrogen) atoms. The highest BCUT2D eigenvalue weighted by Gasteiger charge is 2.02. The summed E-state index contributed by atoms with van der Waals surface area (Å²) in [6, 6.07) is 5.35. The summed E-state index contributed by atoms with van der Waals surface area (Å²) >= 11 is 0. The van der Waals surface area contributed by atoms with Crippen LogP contribution in [0.5, 0.6) is 11.5 Å². The van der Waals surface area contributed by atoms with E-state index in [2.05, 4.69) is 13.8 Å². The Morgan fingerprint density at radius 1 is 1.24 bits per heavy atom. The largest absolute Gasteiger partial charge is 0.497 e. The van der Waals surface area contributed by atoms with E-state index in [4.69, 9.17) is 19.9 Å². The Bertz CT molecular complexity index is 339. The van der Waals surface area contributed by atoms with Crippen LogP contribution in [0.1, 0.15) is 13.8 Å². The fourth-order valence-corrected chi connectivity index (χ4v) is 1.30. The van der Waals surface area contributed by atoms with Crippen LogP contribution in [0, 0.1) is 5.92 Å². The minimum atomic E-state index is 0.490. The van der Waals surface area contributed by atoms with Crippen LogP contribution in [0.15, 0.2) is 18.2 Å². The Kier molecular flexibility index (Phi) is 5.63. The molecule has 2 N–H and O–H groups in total. The van der Waals surface area contributed by atoms with E-state index in [-0.39, 0.29) is 0 Å². The number of methoxy groups -OCH3 is 1. The molecule has 0 atom stereocenters. The number of nitrogens with two attached hydrogens (primary N) is 1. The van der Waals surface area contributed by atoms with Crippen molar-refractivity contribution in [1.82, 2.24) is 0 Å². The highest BCUT2D eigenvalue weighted by Crippen LogP contribution is 2.26. The Hall–Kier alpha value is -1.42. The molecule has 0 heterocycles. The van der Waals surface area contributed by atoms with Gasteiger partial charge in [0.25, 0.3) is 0 Å². The fourth-order valence-electron chi connectivity index (χ4n) is 1.30. The van der Waals surface area contributed by atoms with E-state index >= 15 is 0 Å². The second kappa shape index (κ2) is 7.01. The summed E-state index contributed by atoms with van der Waals surface area (Å²) in [5, 5.41) is 0. The Morgan fingerprint density at radius 3 is 2.65 bits per heavy atom. The lowest BCUT2D eigenvalue weighted by Crippen LogP contribution is -2.10. The maximum atomic E-state index is 5.79. The Labute approximate surface area is 103 Å². The summed E-state index contributed by atoms with van der Waals surface area (Å²) in [4.78, 5) is 0. The van der Waals surface area contributed by atoms with Crippen LogP contribution < -0.4 is 15.2 Å². The Balaban J connectivity index is 2.35. The normalized spacial score (nSPS) is 10.6. The molecule has 0 radical (unpaired) electrons. The van der Waals surface area contributed by atoms with Gasteiger partial charge in [0, 0.05) is 12.7 Å². The van der Waals surface area contributed by atoms with E-state index in [1.807, 2.05) is 0 Å². The van der Waals surface area contributed by atoms with Crippen LogP contribution in [0.3, 0.4) is 0 Å². The molecule has 0 unspecified atom stereocenters. The third-order valence-electron chi connectivity index (χ3n) is 2.16. The third-order valence-corrected chi connectivity index (χ3v) is 2.16.